The van der Waals surface area contributed by atoms with Crippen molar-refractivity contribution in [3.63, 3.8) is 0 Å². The Balaban J connectivity index is 1.55. The minimum atomic E-state index is -1.49. The average molecular weight is 890 g/mol. The van der Waals surface area contributed by atoms with Gasteiger partial charge in [0.15, 0.2) is 0 Å². The van der Waals surface area contributed by atoms with Gasteiger partial charge in [0.1, 0.15) is 35.5 Å². The Morgan fingerprint density at radius 1 is 0.921 bits per heavy atom. The molecule has 0 bridgehead atoms. The van der Waals surface area contributed by atoms with E-state index in [1.807, 2.05) is 75.4 Å². The second-order valence-corrected chi connectivity index (χ2v) is 17.7. The van der Waals surface area contributed by atoms with E-state index in [9.17, 15) is 20.1 Å². The molecule has 3 N–H and O–H groups in total. The number of alkyl halides is 1. The molecule has 1 amide bonds. The fourth-order valence-corrected chi connectivity index (χ4v) is 9.38. The Labute approximate surface area is 377 Å². The van der Waals surface area contributed by atoms with Crippen molar-refractivity contribution in [3.8, 4) is 28.4 Å². The van der Waals surface area contributed by atoms with Crippen molar-refractivity contribution < 1.29 is 48.6 Å². The largest absolute Gasteiger partial charge is 0.459 e. The van der Waals surface area contributed by atoms with Gasteiger partial charge in [0, 0.05) is 37.7 Å². The Hall–Kier alpha value is -4.43. The molecular formula is C50H65ClN2O10. The van der Waals surface area contributed by atoms with E-state index in [0.717, 1.165) is 47.9 Å². The monoisotopic (exact) mass is 888 g/mol. The third kappa shape index (κ3) is 11.8. The smallest absolute Gasteiger partial charge is 0.410 e. The number of aliphatic hydroxyl groups excluding tert-OH is 3. The van der Waals surface area contributed by atoms with E-state index in [2.05, 4.69) is 30.9 Å². The Kier molecular flexibility index (Phi) is 17.5. The van der Waals surface area contributed by atoms with Crippen LogP contribution in [0.5, 0.6) is 17.2 Å². The van der Waals surface area contributed by atoms with E-state index in [1.54, 1.807) is 11.0 Å². The number of rotatable bonds is 23. The minimum Gasteiger partial charge on any atom is -0.459 e. The summed E-state index contributed by atoms with van der Waals surface area (Å²) in [6.07, 6.45) is 8.03. The summed E-state index contributed by atoms with van der Waals surface area (Å²) in [7, 11) is 0. The van der Waals surface area contributed by atoms with Crippen LogP contribution in [0.25, 0.3) is 11.1 Å². The molecule has 342 valence electrons. The van der Waals surface area contributed by atoms with Crippen LogP contribution in [0.15, 0.2) is 102 Å². The van der Waals surface area contributed by atoms with Gasteiger partial charge in [-0.3, -0.25) is 4.90 Å². The van der Waals surface area contributed by atoms with Gasteiger partial charge in [-0.2, -0.15) is 0 Å². The number of carbonyl (C=O) groups excluding carboxylic acids is 1. The highest BCUT2D eigenvalue weighted by Crippen LogP contribution is 2.62. The minimum absolute atomic E-state index is 0.0171. The van der Waals surface area contributed by atoms with E-state index in [-0.39, 0.29) is 82.8 Å². The van der Waals surface area contributed by atoms with Crippen molar-refractivity contribution in [2.45, 2.75) is 89.1 Å². The molecule has 1 heterocycles. The van der Waals surface area contributed by atoms with Crippen LogP contribution in [0.4, 0.5) is 4.79 Å². The fraction of sp³-hybridized carbons (Fsp3) is 0.520. The summed E-state index contributed by atoms with van der Waals surface area (Å²) in [5.41, 5.74) is 4.07. The maximum atomic E-state index is 14.3. The van der Waals surface area contributed by atoms with Crippen molar-refractivity contribution in [1.82, 2.24) is 4.90 Å². The molecule has 2 aliphatic carbocycles. The number of oxime groups is 1. The molecule has 13 heteroatoms. The summed E-state index contributed by atoms with van der Waals surface area (Å²) >= 11 is 6.05. The van der Waals surface area contributed by atoms with E-state index in [0.29, 0.717) is 35.8 Å². The highest BCUT2D eigenvalue weighted by atomic mass is 35.5. The number of unbranched alkanes of at least 4 members (excludes halogenated alkanes) is 2. The van der Waals surface area contributed by atoms with Gasteiger partial charge in [-0.25, -0.2) is 4.79 Å². The molecule has 1 aliphatic heterocycles. The van der Waals surface area contributed by atoms with E-state index in [4.69, 9.17) is 45.3 Å². The summed E-state index contributed by atoms with van der Waals surface area (Å²) in [5, 5.41) is 34.3. The van der Waals surface area contributed by atoms with Gasteiger partial charge in [-0.1, -0.05) is 72.6 Å². The molecule has 1 fully saturated rings. The van der Waals surface area contributed by atoms with Crippen molar-refractivity contribution in [2.24, 2.45) is 22.9 Å². The maximum absolute atomic E-state index is 14.3. The number of hydrogen-bond acceptors (Lipinski definition) is 11. The second-order valence-electron chi connectivity index (χ2n) is 17.3. The molecule has 3 aromatic carbocycles. The predicted octanol–water partition coefficient (Wildman–Crippen LogP) is 9.26. The number of carbonyl (C=O) groups is 1. The van der Waals surface area contributed by atoms with Crippen molar-refractivity contribution >= 4 is 23.4 Å². The van der Waals surface area contributed by atoms with Gasteiger partial charge in [-0.15, -0.1) is 18.2 Å². The number of ether oxygens (including phenoxy) is 5. The second kappa shape index (κ2) is 23.0. The Morgan fingerprint density at radius 2 is 1.63 bits per heavy atom. The number of hydrogen-bond donors (Lipinski definition) is 3. The van der Waals surface area contributed by atoms with Crippen LogP contribution in [0.1, 0.15) is 77.2 Å². The van der Waals surface area contributed by atoms with Crippen LogP contribution in [-0.4, -0.2) is 108 Å². The number of amides is 1. The number of halogens is 1. The normalized spacial score (nSPS) is 23.2. The van der Waals surface area contributed by atoms with Crippen LogP contribution in [-0.2, 0) is 19.0 Å². The molecule has 0 unspecified atom stereocenters. The molecule has 6 rings (SSSR count). The van der Waals surface area contributed by atoms with Gasteiger partial charge in [0.2, 0.25) is 5.79 Å². The number of benzene rings is 3. The molecule has 0 aromatic heterocycles. The van der Waals surface area contributed by atoms with Crippen molar-refractivity contribution in [2.75, 3.05) is 58.7 Å². The topological polar surface area (TPSA) is 149 Å². The Bertz CT molecular complexity index is 1990. The zero-order chi connectivity index (χ0) is 44.8. The lowest BCUT2D eigenvalue weighted by Crippen LogP contribution is -2.70. The SMILES string of the molecule is C=CCO[C@@]12Oc3ccc(Oc4ccc(-c5ccccc5)cc4)cc3[C@H]3[C@H](CCCCO)[C@@H](CCCCO)C=C(C(=NOC(C)(C)C)C[C@@H]1N(CCOCCO)C(=O)OCCCl)[C@H]32. The molecule has 1 saturated carbocycles. The molecule has 63 heavy (non-hydrogen) atoms. The molecule has 0 saturated heterocycles. The van der Waals surface area contributed by atoms with Gasteiger partial charge in [0.25, 0.3) is 0 Å². The predicted molar refractivity (Wildman–Crippen MR) is 244 cm³/mol. The van der Waals surface area contributed by atoms with E-state index < -0.39 is 29.4 Å². The molecule has 3 aliphatic rings. The first-order valence-electron chi connectivity index (χ1n) is 22.3. The Morgan fingerprint density at radius 3 is 2.32 bits per heavy atom. The summed E-state index contributed by atoms with van der Waals surface area (Å²) in [6.45, 7) is 10.2. The van der Waals surface area contributed by atoms with Crippen LogP contribution in [0, 0.1) is 17.8 Å². The molecule has 0 spiro atoms. The average Bonchev–Trinajstić information content (AvgIpc) is 3.28. The highest BCUT2D eigenvalue weighted by molar-refractivity contribution is 6.18. The molecule has 12 nitrogen and oxygen atoms in total. The first kappa shape index (κ1) is 48.0. The lowest BCUT2D eigenvalue weighted by atomic mass is 9.55. The highest BCUT2D eigenvalue weighted by Gasteiger charge is 2.65. The fourth-order valence-electron chi connectivity index (χ4n) is 9.30. The third-order valence-corrected chi connectivity index (χ3v) is 12.1. The quantitative estimate of drug-likeness (QED) is 0.0364. The van der Waals surface area contributed by atoms with Crippen molar-refractivity contribution in [1.29, 1.82) is 0 Å². The summed E-state index contributed by atoms with van der Waals surface area (Å²) < 4.78 is 32.4. The summed E-state index contributed by atoms with van der Waals surface area (Å²) in [6, 6.07) is 23.3. The van der Waals surface area contributed by atoms with E-state index >= 15 is 0 Å². The zero-order valence-electron chi connectivity index (χ0n) is 37.0. The van der Waals surface area contributed by atoms with Crippen molar-refractivity contribution in [3.05, 3.63) is 103 Å². The molecule has 3 aromatic rings. The number of allylic oxidation sites excluding steroid dienone is 1. The van der Waals surface area contributed by atoms with Gasteiger partial charge < -0.3 is 43.8 Å². The van der Waals surface area contributed by atoms with Crippen LogP contribution < -0.4 is 9.47 Å². The first-order valence-corrected chi connectivity index (χ1v) is 22.9. The lowest BCUT2D eigenvalue weighted by Gasteiger charge is -2.59. The number of nitrogens with zero attached hydrogens (tertiary/aromatic N) is 2. The molecule has 0 radical (unpaired) electrons. The number of aliphatic hydroxyl groups is 3. The van der Waals surface area contributed by atoms with Crippen LogP contribution in [0.2, 0.25) is 0 Å². The van der Waals surface area contributed by atoms with Crippen LogP contribution >= 0.6 is 11.6 Å². The molecular weight excluding hydrogens is 824 g/mol. The third-order valence-electron chi connectivity index (χ3n) is 11.9. The van der Waals surface area contributed by atoms with Gasteiger partial charge in [0.05, 0.1) is 43.9 Å². The lowest BCUT2D eigenvalue weighted by molar-refractivity contribution is -0.256. The first-order chi connectivity index (χ1) is 30.6. The van der Waals surface area contributed by atoms with Gasteiger partial charge in [-0.05, 0) is 105 Å². The summed E-state index contributed by atoms with van der Waals surface area (Å²) in [4.78, 5) is 22.1. The van der Waals surface area contributed by atoms with Gasteiger partial charge >= 0.3 is 6.09 Å². The number of fused-ring (bicyclic) bond motifs is 2. The molecule has 6 atom stereocenters. The van der Waals surface area contributed by atoms with E-state index in [1.165, 1.54) is 0 Å². The zero-order valence-corrected chi connectivity index (χ0v) is 37.7. The van der Waals surface area contributed by atoms with Crippen LogP contribution in [0.3, 0.4) is 0 Å². The standard InChI is InChI=1S/C50H65ClN2O10/c1-5-28-60-50-45(53(24-30-58-31-27-56)48(57)59-29-23-51)34-43(52-63-49(2,3)4)41-32-37(15-9-11-25-54)40(16-10-12-26-55)46(47(41)50)42-33-39(21-22-44(42)62-50)61-38-19-17-36(18-20-38)35-13-7-6-8-14-35/h5-8,13-14,17-22,32-33,37,40,45-47,54-56H,1,9-12,15-16,23-31,34H2,2-4H3/t37-,40+,45-,46+,47+,50+/m0/s1. The maximum Gasteiger partial charge on any atom is 0.410 e. The summed E-state index contributed by atoms with van der Waals surface area (Å²) in [5.74, 6) is -0.184.